The van der Waals surface area contributed by atoms with Crippen LogP contribution in [0.25, 0.3) is 0 Å². The summed E-state index contributed by atoms with van der Waals surface area (Å²) in [6, 6.07) is 24.3. The van der Waals surface area contributed by atoms with Gasteiger partial charge >= 0.3 is 7.12 Å². The lowest BCUT2D eigenvalue weighted by atomic mass is 9.74. The first-order valence-corrected chi connectivity index (χ1v) is 13.3. The van der Waals surface area contributed by atoms with Crippen LogP contribution in [-0.4, -0.2) is 42.6 Å². The van der Waals surface area contributed by atoms with E-state index < -0.39 is 18.3 Å². The number of nitrogens with two attached hydrogens (primary N) is 1. The van der Waals surface area contributed by atoms with E-state index >= 15 is 0 Å². The van der Waals surface area contributed by atoms with Crippen molar-refractivity contribution in [1.82, 2.24) is 10.6 Å². The molecule has 2 amide bonds. The van der Waals surface area contributed by atoms with Crippen LogP contribution in [0.15, 0.2) is 89.1 Å². The van der Waals surface area contributed by atoms with Gasteiger partial charge in [0.2, 0.25) is 5.91 Å². The third kappa shape index (κ3) is 7.41. The first-order valence-electron chi connectivity index (χ1n) is 13.3. The molecule has 0 aromatic heterocycles. The van der Waals surface area contributed by atoms with Crippen molar-refractivity contribution in [2.75, 3.05) is 6.54 Å². The molecule has 208 valence electrons. The summed E-state index contributed by atoms with van der Waals surface area (Å²) in [5.41, 5.74) is 8.07. The SMILES string of the molecule is CC1(C)OB(C(Cc2ccccc2)NC(=O)c2ccc(N=Nc3ccc(CNC(=O)CN)cc3)cc2)OC1(C)C. The zero-order chi connectivity index (χ0) is 28.8. The molecule has 1 aliphatic heterocycles. The zero-order valence-corrected chi connectivity index (χ0v) is 23.4. The smallest absolute Gasteiger partial charge is 0.402 e. The molecule has 1 aliphatic rings. The van der Waals surface area contributed by atoms with E-state index in [9.17, 15) is 9.59 Å². The molecule has 1 fully saturated rings. The number of azo groups is 1. The number of hydrogen-bond acceptors (Lipinski definition) is 7. The summed E-state index contributed by atoms with van der Waals surface area (Å²) < 4.78 is 12.6. The molecule has 1 saturated heterocycles. The molecule has 0 bridgehead atoms. The Morgan fingerprint density at radius 3 is 1.93 bits per heavy atom. The van der Waals surface area contributed by atoms with Gasteiger partial charge in [0.25, 0.3) is 5.91 Å². The topological polar surface area (TPSA) is 127 Å². The highest BCUT2D eigenvalue weighted by atomic mass is 16.7. The van der Waals surface area contributed by atoms with E-state index in [1.807, 2.05) is 82.3 Å². The molecule has 0 saturated carbocycles. The lowest BCUT2D eigenvalue weighted by Crippen LogP contribution is -2.49. The Balaban J connectivity index is 1.40. The summed E-state index contributed by atoms with van der Waals surface area (Å²) in [6.07, 6.45) is 0.563. The number of carbonyl (C=O) groups excluding carboxylic acids is 2. The highest BCUT2D eigenvalue weighted by Crippen LogP contribution is 2.38. The van der Waals surface area contributed by atoms with Gasteiger partial charge < -0.3 is 25.7 Å². The van der Waals surface area contributed by atoms with Gasteiger partial charge in [0.15, 0.2) is 0 Å². The van der Waals surface area contributed by atoms with Crippen LogP contribution in [0.5, 0.6) is 0 Å². The van der Waals surface area contributed by atoms with Crippen molar-refractivity contribution in [3.05, 3.63) is 95.6 Å². The number of rotatable bonds is 10. The fourth-order valence-electron chi connectivity index (χ4n) is 4.14. The third-order valence-electron chi connectivity index (χ3n) is 7.24. The molecule has 4 rings (SSSR count). The first kappa shape index (κ1) is 29.1. The van der Waals surface area contributed by atoms with Gasteiger partial charge in [-0.25, -0.2) is 0 Å². The van der Waals surface area contributed by atoms with Crippen molar-refractivity contribution in [3.63, 3.8) is 0 Å². The highest BCUT2D eigenvalue weighted by molar-refractivity contribution is 6.48. The number of amides is 2. The molecular weight excluding hydrogens is 505 g/mol. The fourth-order valence-corrected chi connectivity index (χ4v) is 4.14. The summed E-state index contributed by atoms with van der Waals surface area (Å²) in [6.45, 7) is 8.36. The molecule has 1 heterocycles. The Labute approximate surface area is 235 Å². The molecule has 0 aliphatic carbocycles. The van der Waals surface area contributed by atoms with Gasteiger partial charge in [0, 0.05) is 12.1 Å². The molecule has 1 atom stereocenters. The maximum Gasteiger partial charge on any atom is 0.482 e. The highest BCUT2D eigenvalue weighted by Gasteiger charge is 2.54. The summed E-state index contributed by atoms with van der Waals surface area (Å²) in [5, 5.41) is 14.4. The van der Waals surface area contributed by atoms with E-state index in [1.54, 1.807) is 24.3 Å². The summed E-state index contributed by atoms with van der Waals surface area (Å²) >= 11 is 0. The Kier molecular flexibility index (Phi) is 9.14. The first-order chi connectivity index (χ1) is 19.1. The summed E-state index contributed by atoms with van der Waals surface area (Å²) in [5.74, 6) is -0.820. The minimum absolute atomic E-state index is 0.0406. The van der Waals surface area contributed by atoms with Crippen molar-refractivity contribution in [2.45, 2.75) is 57.8 Å². The van der Waals surface area contributed by atoms with Gasteiger partial charge in [-0.1, -0.05) is 42.5 Å². The molecule has 40 heavy (non-hydrogen) atoms. The Hall–Kier alpha value is -3.86. The van der Waals surface area contributed by atoms with Crippen molar-refractivity contribution in [3.8, 4) is 0 Å². The molecule has 9 nitrogen and oxygen atoms in total. The molecule has 1 unspecified atom stereocenters. The zero-order valence-electron chi connectivity index (χ0n) is 23.4. The van der Waals surface area contributed by atoms with Gasteiger partial charge in [-0.2, -0.15) is 10.2 Å². The fraction of sp³-hybridized carbons (Fsp3) is 0.333. The van der Waals surface area contributed by atoms with Crippen LogP contribution in [0.2, 0.25) is 0 Å². The van der Waals surface area contributed by atoms with Gasteiger partial charge in [-0.15, -0.1) is 0 Å². The van der Waals surface area contributed by atoms with Crippen molar-refractivity contribution in [2.24, 2.45) is 16.0 Å². The van der Waals surface area contributed by atoms with E-state index in [4.69, 9.17) is 15.0 Å². The van der Waals surface area contributed by atoms with Gasteiger partial charge in [0.1, 0.15) is 0 Å². The molecule has 0 radical (unpaired) electrons. The van der Waals surface area contributed by atoms with Crippen LogP contribution in [0.4, 0.5) is 11.4 Å². The van der Waals surface area contributed by atoms with Crippen molar-refractivity contribution in [1.29, 1.82) is 0 Å². The Morgan fingerprint density at radius 2 is 1.38 bits per heavy atom. The Morgan fingerprint density at radius 1 is 0.825 bits per heavy atom. The number of hydrogen-bond donors (Lipinski definition) is 3. The third-order valence-corrected chi connectivity index (χ3v) is 7.24. The van der Waals surface area contributed by atoms with Crippen LogP contribution in [0.1, 0.15) is 49.2 Å². The number of carbonyl (C=O) groups is 2. The predicted molar refractivity (Wildman–Crippen MR) is 155 cm³/mol. The molecular formula is C30H36BN5O4. The van der Waals surface area contributed by atoms with E-state index in [1.165, 1.54) is 0 Å². The van der Waals surface area contributed by atoms with Gasteiger partial charge in [0.05, 0.1) is 35.1 Å². The minimum Gasteiger partial charge on any atom is -0.402 e. The standard InChI is InChI=1S/C30H36BN5O4/c1-29(2)30(3,4)40-31(39-29)26(18-21-8-6-5-7-9-21)34-28(38)23-12-16-25(17-13-23)36-35-24-14-10-22(11-15-24)20-33-27(37)19-32/h5-17,26H,18-20,32H2,1-4H3,(H,33,37)(H,34,38). The predicted octanol–water partition coefficient (Wildman–Crippen LogP) is 4.65. The van der Waals surface area contributed by atoms with E-state index in [-0.39, 0.29) is 24.3 Å². The summed E-state index contributed by atoms with van der Waals surface area (Å²) in [7, 11) is -0.592. The van der Waals surface area contributed by atoms with Crippen molar-refractivity contribution < 1.29 is 18.9 Å². The average Bonchev–Trinajstić information content (AvgIpc) is 3.17. The number of nitrogens with one attached hydrogen (secondary N) is 2. The normalized spacial score (nSPS) is 16.6. The van der Waals surface area contributed by atoms with Crippen LogP contribution in [-0.2, 0) is 27.1 Å². The van der Waals surface area contributed by atoms with Crippen molar-refractivity contribution >= 4 is 30.3 Å². The second-order valence-corrected chi connectivity index (χ2v) is 10.8. The maximum atomic E-state index is 13.3. The van der Waals surface area contributed by atoms with Crippen LogP contribution in [0, 0.1) is 0 Å². The van der Waals surface area contributed by atoms with Gasteiger partial charge in [-0.05, 0) is 81.6 Å². The quantitative estimate of drug-likeness (QED) is 0.254. The second kappa shape index (κ2) is 12.5. The van der Waals surface area contributed by atoms with Crippen LogP contribution in [0.3, 0.4) is 0 Å². The van der Waals surface area contributed by atoms with E-state index in [0.717, 1.165) is 11.1 Å². The molecule has 10 heteroatoms. The maximum absolute atomic E-state index is 13.3. The van der Waals surface area contributed by atoms with Crippen LogP contribution < -0.4 is 16.4 Å². The average molecular weight is 541 g/mol. The van der Waals surface area contributed by atoms with Gasteiger partial charge in [-0.3, -0.25) is 9.59 Å². The number of benzene rings is 3. The molecule has 3 aromatic rings. The monoisotopic (exact) mass is 541 g/mol. The lowest BCUT2D eigenvalue weighted by Gasteiger charge is -2.32. The molecule has 4 N–H and O–H groups in total. The summed E-state index contributed by atoms with van der Waals surface area (Å²) in [4.78, 5) is 24.6. The lowest BCUT2D eigenvalue weighted by molar-refractivity contribution is -0.119. The van der Waals surface area contributed by atoms with E-state index in [2.05, 4.69) is 20.9 Å². The number of nitrogens with zero attached hydrogens (tertiary/aromatic N) is 2. The largest absolute Gasteiger partial charge is 0.482 e. The van der Waals surface area contributed by atoms with E-state index in [0.29, 0.717) is 29.9 Å². The second-order valence-electron chi connectivity index (χ2n) is 10.8. The molecule has 3 aromatic carbocycles. The molecule has 0 spiro atoms. The minimum atomic E-state index is -0.592. The Bertz CT molecular complexity index is 1310. The van der Waals surface area contributed by atoms with Crippen LogP contribution >= 0.6 is 0 Å².